The number of hydrogen-bond donors (Lipinski definition) is 0. The molecule has 0 aromatic rings. The highest BCUT2D eigenvalue weighted by atomic mass is 15.3. The highest BCUT2D eigenvalue weighted by Gasteiger charge is 2.46. The first kappa shape index (κ1) is 12.0. The van der Waals surface area contributed by atoms with Gasteiger partial charge in [0.25, 0.3) is 0 Å². The first-order chi connectivity index (χ1) is 7.99. The molecule has 2 saturated heterocycles. The van der Waals surface area contributed by atoms with Gasteiger partial charge in [-0.15, -0.1) is 0 Å². The van der Waals surface area contributed by atoms with Crippen LogP contribution in [0.2, 0.25) is 0 Å². The van der Waals surface area contributed by atoms with Gasteiger partial charge < -0.3 is 0 Å². The summed E-state index contributed by atoms with van der Waals surface area (Å²) in [5, 5.41) is 0. The third-order valence-electron chi connectivity index (χ3n) is 5.44. The number of nitrogens with zero attached hydrogens (tertiary/aromatic N) is 2. The van der Waals surface area contributed by atoms with Crippen molar-refractivity contribution < 1.29 is 0 Å². The summed E-state index contributed by atoms with van der Waals surface area (Å²) >= 11 is 0. The van der Waals surface area contributed by atoms with E-state index in [4.69, 9.17) is 0 Å². The van der Waals surface area contributed by atoms with Crippen LogP contribution in [0.15, 0.2) is 0 Å². The topological polar surface area (TPSA) is 6.48 Å². The Morgan fingerprint density at radius 1 is 0.941 bits per heavy atom. The molecule has 1 aliphatic carbocycles. The monoisotopic (exact) mass is 236 g/mol. The summed E-state index contributed by atoms with van der Waals surface area (Å²) in [6, 6.07) is 0.852. The van der Waals surface area contributed by atoms with Crippen LogP contribution in [-0.2, 0) is 0 Å². The molecule has 0 amide bonds. The molecule has 3 fully saturated rings. The average molecular weight is 236 g/mol. The lowest BCUT2D eigenvalue weighted by atomic mass is 9.92. The number of piperidine rings is 1. The minimum atomic E-state index is 0.363. The van der Waals surface area contributed by atoms with Crippen LogP contribution < -0.4 is 0 Å². The van der Waals surface area contributed by atoms with Crippen LogP contribution >= 0.6 is 0 Å². The van der Waals surface area contributed by atoms with Gasteiger partial charge in [-0.25, -0.2) is 0 Å². The van der Waals surface area contributed by atoms with Crippen molar-refractivity contribution >= 4 is 0 Å². The molecule has 0 aromatic carbocycles. The molecule has 2 heterocycles. The van der Waals surface area contributed by atoms with Crippen molar-refractivity contribution in [1.82, 2.24) is 9.80 Å². The van der Waals surface area contributed by atoms with E-state index in [1.807, 2.05) is 0 Å². The Labute approximate surface area is 106 Å². The highest BCUT2D eigenvalue weighted by Crippen LogP contribution is 2.53. The van der Waals surface area contributed by atoms with Crippen LogP contribution in [-0.4, -0.2) is 47.6 Å². The number of rotatable bonds is 1. The van der Waals surface area contributed by atoms with Crippen molar-refractivity contribution in [2.24, 2.45) is 5.41 Å². The zero-order valence-corrected chi connectivity index (χ0v) is 11.8. The van der Waals surface area contributed by atoms with Crippen molar-refractivity contribution in [1.29, 1.82) is 0 Å². The van der Waals surface area contributed by atoms with Gasteiger partial charge in [0.15, 0.2) is 0 Å². The Balaban J connectivity index is 1.53. The highest BCUT2D eigenvalue weighted by molar-refractivity contribution is 4.99. The molecule has 0 N–H and O–H groups in total. The molecule has 0 radical (unpaired) electrons. The molecule has 2 heteroatoms. The van der Waals surface area contributed by atoms with Gasteiger partial charge in [-0.05, 0) is 71.4 Å². The zero-order chi connectivity index (χ0) is 12.1. The van der Waals surface area contributed by atoms with Crippen LogP contribution in [0.5, 0.6) is 0 Å². The fraction of sp³-hybridized carbons (Fsp3) is 1.00. The second-order valence-corrected chi connectivity index (χ2v) is 7.60. The molecule has 1 saturated carbocycles. The predicted octanol–water partition coefficient (Wildman–Crippen LogP) is 2.74. The van der Waals surface area contributed by atoms with Gasteiger partial charge in [0.1, 0.15) is 0 Å². The van der Waals surface area contributed by atoms with E-state index in [-0.39, 0.29) is 0 Å². The Kier molecular flexibility index (Phi) is 2.79. The quantitative estimate of drug-likeness (QED) is 0.691. The van der Waals surface area contributed by atoms with Crippen molar-refractivity contribution in [3.05, 3.63) is 0 Å². The summed E-state index contributed by atoms with van der Waals surface area (Å²) in [5.41, 5.74) is 1.20. The molecular weight excluding hydrogens is 208 g/mol. The maximum absolute atomic E-state index is 2.79. The van der Waals surface area contributed by atoms with Crippen molar-refractivity contribution in [3.63, 3.8) is 0 Å². The fourth-order valence-electron chi connectivity index (χ4n) is 3.69. The average Bonchev–Trinajstić information content (AvgIpc) is 2.83. The van der Waals surface area contributed by atoms with Gasteiger partial charge in [-0.1, -0.05) is 0 Å². The third kappa shape index (κ3) is 2.39. The number of likely N-dealkylation sites (tertiary alicyclic amines) is 2. The van der Waals surface area contributed by atoms with E-state index in [0.29, 0.717) is 5.54 Å². The lowest BCUT2D eigenvalue weighted by molar-refractivity contribution is 0.108. The molecule has 1 spiro atoms. The number of hydrogen-bond acceptors (Lipinski definition) is 2. The van der Waals surface area contributed by atoms with Gasteiger partial charge >= 0.3 is 0 Å². The fourth-order valence-corrected chi connectivity index (χ4v) is 3.69. The Bertz CT molecular complexity index is 278. The van der Waals surface area contributed by atoms with Gasteiger partial charge in [-0.2, -0.15) is 0 Å². The van der Waals surface area contributed by atoms with E-state index >= 15 is 0 Å². The van der Waals surface area contributed by atoms with E-state index in [2.05, 4.69) is 30.6 Å². The maximum Gasteiger partial charge on any atom is 0.0235 e. The molecule has 1 atom stereocenters. The second-order valence-electron chi connectivity index (χ2n) is 7.60. The standard InChI is InChI=1S/C15H28N2/c1-14(2,3)17-9-4-13(12-17)16-10-7-15(5-6-15)8-11-16/h13H,4-12H2,1-3H3. The van der Waals surface area contributed by atoms with Crippen molar-refractivity contribution in [3.8, 4) is 0 Å². The SMILES string of the molecule is CC(C)(C)N1CCC(N2CCC3(CC2)CC3)C1. The lowest BCUT2D eigenvalue weighted by Crippen LogP contribution is -2.46. The summed E-state index contributed by atoms with van der Waals surface area (Å²) in [6.45, 7) is 12.4. The maximum atomic E-state index is 2.79. The zero-order valence-electron chi connectivity index (χ0n) is 11.8. The van der Waals surface area contributed by atoms with Gasteiger partial charge in [-0.3, -0.25) is 9.80 Å². The van der Waals surface area contributed by atoms with E-state index in [0.717, 1.165) is 11.5 Å². The molecule has 0 aromatic heterocycles. The molecule has 0 bridgehead atoms. The van der Waals surface area contributed by atoms with E-state index in [1.165, 1.54) is 58.3 Å². The minimum absolute atomic E-state index is 0.363. The molecule has 17 heavy (non-hydrogen) atoms. The predicted molar refractivity (Wildman–Crippen MR) is 72.2 cm³/mol. The third-order valence-corrected chi connectivity index (χ3v) is 5.44. The van der Waals surface area contributed by atoms with Crippen molar-refractivity contribution in [2.75, 3.05) is 26.2 Å². The largest absolute Gasteiger partial charge is 0.299 e. The Hall–Kier alpha value is -0.0800. The van der Waals surface area contributed by atoms with Gasteiger partial charge in [0.2, 0.25) is 0 Å². The summed E-state index contributed by atoms with van der Waals surface area (Å²) < 4.78 is 0. The summed E-state index contributed by atoms with van der Waals surface area (Å²) in [6.07, 6.45) is 7.42. The first-order valence-electron chi connectivity index (χ1n) is 7.48. The second kappa shape index (κ2) is 3.96. The minimum Gasteiger partial charge on any atom is -0.299 e. The molecule has 3 rings (SSSR count). The summed E-state index contributed by atoms with van der Waals surface area (Å²) in [4.78, 5) is 5.45. The lowest BCUT2D eigenvalue weighted by Gasteiger charge is -2.37. The first-order valence-corrected chi connectivity index (χ1v) is 7.48. The van der Waals surface area contributed by atoms with Crippen LogP contribution in [0.4, 0.5) is 0 Å². The summed E-state index contributed by atoms with van der Waals surface area (Å²) in [5.74, 6) is 0. The van der Waals surface area contributed by atoms with E-state index in [1.54, 1.807) is 0 Å². The summed E-state index contributed by atoms with van der Waals surface area (Å²) in [7, 11) is 0. The Morgan fingerprint density at radius 3 is 2.06 bits per heavy atom. The molecule has 3 aliphatic rings. The smallest absolute Gasteiger partial charge is 0.0235 e. The molecule has 98 valence electrons. The van der Waals surface area contributed by atoms with Crippen LogP contribution in [0.25, 0.3) is 0 Å². The van der Waals surface area contributed by atoms with Crippen LogP contribution in [0.3, 0.4) is 0 Å². The molecule has 1 unspecified atom stereocenters. The van der Waals surface area contributed by atoms with Crippen LogP contribution in [0.1, 0.15) is 52.9 Å². The van der Waals surface area contributed by atoms with Gasteiger partial charge in [0, 0.05) is 24.7 Å². The van der Waals surface area contributed by atoms with E-state index < -0.39 is 0 Å². The molecule has 2 nitrogen and oxygen atoms in total. The van der Waals surface area contributed by atoms with Gasteiger partial charge in [0.05, 0.1) is 0 Å². The molecular formula is C15H28N2. The normalized spacial score (nSPS) is 34.4. The molecule has 2 aliphatic heterocycles. The van der Waals surface area contributed by atoms with E-state index in [9.17, 15) is 0 Å². The Morgan fingerprint density at radius 2 is 1.59 bits per heavy atom. The van der Waals surface area contributed by atoms with Crippen molar-refractivity contribution in [2.45, 2.75) is 64.5 Å². The van der Waals surface area contributed by atoms with Crippen LogP contribution in [0, 0.1) is 5.41 Å².